The van der Waals surface area contributed by atoms with Gasteiger partial charge in [0.25, 0.3) is 0 Å². The van der Waals surface area contributed by atoms with Crippen LogP contribution in [0.4, 0.5) is 0 Å². The van der Waals surface area contributed by atoms with E-state index in [1.54, 1.807) is 12.4 Å². The van der Waals surface area contributed by atoms with Gasteiger partial charge in [0, 0.05) is 11.8 Å². The smallest absolute Gasteiger partial charge is 0.141 e. The maximum Gasteiger partial charge on any atom is 0.141 e. The molecule has 0 aliphatic rings. The molecule has 1 atom stereocenters. The maximum atomic E-state index is 5.80. The number of hydrogen-bond acceptors (Lipinski definition) is 2. The molecule has 0 saturated carbocycles. The van der Waals surface area contributed by atoms with E-state index in [0.717, 1.165) is 17.9 Å². The molecular formula is C12H18ClNO. The Morgan fingerprint density at radius 2 is 2.33 bits per heavy atom. The van der Waals surface area contributed by atoms with Crippen molar-refractivity contribution in [1.29, 1.82) is 0 Å². The SMILES string of the molecule is CCCC(C)COc1cnccc1CCl. The number of alkyl halides is 1. The number of pyridine rings is 1. The molecule has 0 amide bonds. The molecule has 3 heteroatoms. The van der Waals surface area contributed by atoms with Gasteiger partial charge in [-0.25, -0.2) is 0 Å². The summed E-state index contributed by atoms with van der Waals surface area (Å²) in [6.45, 7) is 5.12. The minimum atomic E-state index is 0.472. The average Bonchev–Trinajstić information content (AvgIpc) is 2.27. The minimum Gasteiger partial charge on any atom is -0.491 e. The second kappa shape index (κ2) is 6.67. The lowest BCUT2D eigenvalue weighted by molar-refractivity contribution is 0.249. The van der Waals surface area contributed by atoms with Crippen molar-refractivity contribution >= 4 is 11.6 Å². The third-order valence-corrected chi connectivity index (χ3v) is 2.61. The molecule has 1 aromatic heterocycles. The van der Waals surface area contributed by atoms with E-state index in [1.807, 2.05) is 6.07 Å². The van der Waals surface area contributed by atoms with Crippen LogP contribution < -0.4 is 4.74 Å². The molecule has 1 unspecified atom stereocenters. The largest absolute Gasteiger partial charge is 0.491 e. The van der Waals surface area contributed by atoms with Gasteiger partial charge in [0.05, 0.1) is 18.7 Å². The Hall–Kier alpha value is -0.760. The number of hydrogen-bond donors (Lipinski definition) is 0. The Labute approximate surface area is 96.6 Å². The zero-order chi connectivity index (χ0) is 11.1. The van der Waals surface area contributed by atoms with E-state index >= 15 is 0 Å². The molecule has 1 heterocycles. The van der Waals surface area contributed by atoms with E-state index in [4.69, 9.17) is 16.3 Å². The highest BCUT2D eigenvalue weighted by atomic mass is 35.5. The molecular weight excluding hydrogens is 210 g/mol. The molecule has 0 aliphatic carbocycles. The lowest BCUT2D eigenvalue weighted by atomic mass is 10.1. The van der Waals surface area contributed by atoms with Gasteiger partial charge in [0.2, 0.25) is 0 Å². The third-order valence-electron chi connectivity index (χ3n) is 2.32. The monoisotopic (exact) mass is 227 g/mol. The summed E-state index contributed by atoms with van der Waals surface area (Å²) < 4.78 is 5.70. The van der Waals surface area contributed by atoms with Gasteiger partial charge in [-0.2, -0.15) is 0 Å². The van der Waals surface area contributed by atoms with Crippen LogP contribution in [0.5, 0.6) is 5.75 Å². The molecule has 0 bridgehead atoms. The molecule has 0 aliphatic heterocycles. The summed E-state index contributed by atoms with van der Waals surface area (Å²) in [4.78, 5) is 4.03. The van der Waals surface area contributed by atoms with E-state index in [9.17, 15) is 0 Å². The highest BCUT2D eigenvalue weighted by Gasteiger charge is 2.05. The van der Waals surface area contributed by atoms with Crippen molar-refractivity contribution in [2.45, 2.75) is 32.6 Å². The van der Waals surface area contributed by atoms with Crippen LogP contribution in [0.3, 0.4) is 0 Å². The summed E-state index contributed by atoms with van der Waals surface area (Å²) in [7, 11) is 0. The summed E-state index contributed by atoms with van der Waals surface area (Å²) in [5.74, 6) is 1.87. The van der Waals surface area contributed by atoms with Crippen LogP contribution in [0.15, 0.2) is 18.5 Å². The van der Waals surface area contributed by atoms with E-state index in [-0.39, 0.29) is 0 Å². The van der Waals surface area contributed by atoms with Crippen LogP contribution in [0.25, 0.3) is 0 Å². The molecule has 0 N–H and O–H groups in total. The first-order valence-electron chi connectivity index (χ1n) is 5.39. The Kier molecular flexibility index (Phi) is 5.48. The summed E-state index contributed by atoms with van der Waals surface area (Å²) in [5, 5.41) is 0. The second-order valence-corrected chi connectivity index (χ2v) is 4.09. The molecule has 1 rings (SSSR count). The first-order valence-corrected chi connectivity index (χ1v) is 5.93. The van der Waals surface area contributed by atoms with Gasteiger partial charge in [0.15, 0.2) is 0 Å². The minimum absolute atomic E-state index is 0.472. The number of halogens is 1. The summed E-state index contributed by atoms with van der Waals surface area (Å²) in [5.41, 5.74) is 1.01. The van der Waals surface area contributed by atoms with Gasteiger partial charge in [-0.05, 0) is 18.4 Å². The van der Waals surface area contributed by atoms with Crippen molar-refractivity contribution < 1.29 is 4.74 Å². The molecule has 0 saturated heterocycles. The van der Waals surface area contributed by atoms with Crippen LogP contribution in [-0.4, -0.2) is 11.6 Å². The first kappa shape index (κ1) is 12.3. The number of aromatic nitrogens is 1. The van der Waals surface area contributed by atoms with Crippen molar-refractivity contribution in [2.24, 2.45) is 5.92 Å². The van der Waals surface area contributed by atoms with Crippen LogP contribution in [-0.2, 0) is 5.88 Å². The van der Waals surface area contributed by atoms with Gasteiger partial charge in [0.1, 0.15) is 5.75 Å². The van der Waals surface area contributed by atoms with Crippen molar-refractivity contribution in [3.8, 4) is 5.75 Å². The van der Waals surface area contributed by atoms with E-state index in [2.05, 4.69) is 18.8 Å². The van der Waals surface area contributed by atoms with Crippen LogP contribution in [0.2, 0.25) is 0 Å². The molecule has 0 radical (unpaired) electrons. The number of nitrogens with zero attached hydrogens (tertiary/aromatic N) is 1. The van der Waals surface area contributed by atoms with Crippen molar-refractivity contribution in [3.05, 3.63) is 24.0 Å². The fraction of sp³-hybridized carbons (Fsp3) is 0.583. The zero-order valence-electron chi connectivity index (χ0n) is 9.37. The highest BCUT2D eigenvalue weighted by molar-refractivity contribution is 6.17. The fourth-order valence-corrected chi connectivity index (χ4v) is 1.68. The lowest BCUT2D eigenvalue weighted by Gasteiger charge is -2.13. The normalized spacial score (nSPS) is 12.5. The van der Waals surface area contributed by atoms with Gasteiger partial charge in [-0.3, -0.25) is 4.98 Å². The van der Waals surface area contributed by atoms with Crippen molar-refractivity contribution in [1.82, 2.24) is 4.98 Å². The molecule has 0 spiro atoms. The Bertz CT molecular complexity index is 291. The summed E-state index contributed by atoms with van der Waals surface area (Å²) in [6.07, 6.45) is 5.85. The predicted octanol–water partition coefficient (Wildman–Crippen LogP) is 3.64. The van der Waals surface area contributed by atoms with E-state index in [0.29, 0.717) is 11.8 Å². The van der Waals surface area contributed by atoms with Gasteiger partial charge in [-0.15, -0.1) is 11.6 Å². The standard InChI is InChI=1S/C12H18ClNO/c1-3-4-10(2)9-15-12-8-14-6-5-11(12)7-13/h5-6,8,10H,3-4,7,9H2,1-2H3. The average molecular weight is 228 g/mol. The highest BCUT2D eigenvalue weighted by Crippen LogP contribution is 2.19. The topological polar surface area (TPSA) is 22.1 Å². The van der Waals surface area contributed by atoms with Crippen LogP contribution in [0, 0.1) is 5.92 Å². The van der Waals surface area contributed by atoms with E-state index < -0.39 is 0 Å². The van der Waals surface area contributed by atoms with E-state index in [1.165, 1.54) is 12.8 Å². The molecule has 0 aromatic carbocycles. The third kappa shape index (κ3) is 4.08. The molecule has 1 aromatic rings. The number of ether oxygens (including phenoxy) is 1. The molecule has 84 valence electrons. The zero-order valence-corrected chi connectivity index (χ0v) is 10.1. The van der Waals surface area contributed by atoms with Gasteiger partial charge in [-0.1, -0.05) is 20.3 Å². The Balaban J connectivity index is 2.49. The predicted molar refractivity (Wildman–Crippen MR) is 63.4 cm³/mol. The lowest BCUT2D eigenvalue weighted by Crippen LogP contribution is -2.09. The Morgan fingerprint density at radius 3 is 3.00 bits per heavy atom. The molecule has 2 nitrogen and oxygen atoms in total. The summed E-state index contributed by atoms with van der Waals surface area (Å²) in [6, 6.07) is 1.90. The van der Waals surface area contributed by atoms with Crippen molar-refractivity contribution in [2.75, 3.05) is 6.61 Å². The summed E-state index contributed by atoms with van der Waals surface area (Å²) >= 11 is 5.80. The quantitative estimate of drug-likeness (QED) is 0.693. The fourth-order valence-electron chi connectivity index (χ4n) is 1.46. The molecule has 0 fully saturated rings. The first-order chi connectivity index (χ1) is 7.27. The second-order valence-electron chi connectivity index (χ2n) is 3.82. The van der Waals surface area contributed by atoms with Crippen LogP contribution >= 0.6 is 11.6 Å². The maximum absolute atomic E-state index is 5.80. The van der Waals surface area contributed by atoms with Gasteiger partial charge >= 0.3 is 0 Å². The molecule has 15 heavy (non-hydrogen) atoms. The van der Waals surface area contributed by atoms with Crippen molar-refractivity contribution in [3.63, 3.8) is 0 Å². The number of rotatable bonds is 6. The van der Waals surface area contributed by atoms with Gasteiger partial charge < -0.3 is 4.74 Å². The Morgan fingerprint density at radius 1 is 1.53 bits per heavy atom. The van der Waals surface area contributed by atoms with Crippen LogP contribution in [0.1, 0.15) is 32.3 Å².